The van der Waals surface area contributed by atoms with Gasteiger partial charge in [-0.2, -0.15) is 0 Å². The maximum atomic E-state index is 12.2. The number of halogens is 1. The highest BCUT2D eigenvalue weighted by Crippen LogP contribution is 2.20. The summed E-state index contributed by atoms with van der Waals surface area (Å²) in [6, 6.07) is 6.67. The van der Waals surface area contributed by atoms with Gasteiger partial charge in [-0.25, -0.2) is 0 Å². The molecule has 0 spiro atoms. The third-order valence-electron chi connectivity index (χ3n) is 2.59. The van der Waals surface area contributed by atoms with E-state index in [1.165, 1.54) is 0 Å². The van der Waals surface area contributed by atoms with Crippen LogP contribution >= 0.6 is 11.6 Å². The average Bonchev–Trinajstić information content (AvgIpc) is 2.84. The standard InChI is InChI=1S/C13H13ClN2O2/c1-16(7-9-4-5-18-8-9)13(17)11-6-10(14)2-3-12(11)15/h2-6,8H,7,15H2,1H3. The predicted molar refractivity (Wildman–Crippen MR) is 70.4 cm³/mol. The molecule has 94 valence electrons. The lowest BCUT2D eigenvalue weighted by molar-refractivity contribution is 0.0786. The van der Waals surface area contributed by atoms with E-state index in [9.17, 15) is 4.79 Å². The Hall–Kier alpha value is -1.94. The summed E-state index contributed by atoms with van der Waals surface area (Å²) in [4.78, 5) is 13.8. The summed E-state index contributed by atoms with van der Waals surface area (Å²) < 4.78 is 4.96. The first kappa shape index (κ1) is 12.5. The normalized spacial score (nSPS) is 10.3. The van der Waals surface area contributed by atoms with Crippen LogP contribution < -0.4 is 5.73 Å². The fraction of sp³-hybridized carbons (Fsp3) is 0.154. The van der Waals surface area contributed by atoms with Crippen molar-refractivity contribution in [3.63, 3.8) is 0 Å². The molecule has 4 nitrogen and oxygen atoms in total. The number of rotatable bonds is 3. The number of furan rings is 1. The third kappa shape index (κ3) is 2.65. The molecule has 1 amide bonds. The highest BCUT2D eigenvalue weighted by atomic mass is 35.5. The van der Waals surface area contributed by atoms with Gasteiger partial charge in [-0.3, -0.25) is 4.79 Å². The minimum absolute atomic E-state index is 0.170. The Labute approximate surface area is 110 Å². The van der Waals surface area contributed by atoms with Crippen LogP contribution in [0.1, 0.15) is 15.9 Å². The molecule has 2 aromatic rings. The van der Waals surface area contributed by atoms with E-state index in [1.807, 2.05) is 6.07 Å². The van der Waals surface area contributed by atoms with E-state index in [-0.39, 0.29) is 5.91 Å². The molecule has 2 rings (SSSR count). The topological polar surface area (TPSA) is 59.5 Å². The molecule has 1 aromatic carbocycles. The Morgan fingerprint density at radius 1 is 1.44 bits per heavy atom. The Bertz CT molecular complexity index is 552. The van der Waals surface area contributed by atoms with E-state index in [4.69, 9.17) is 21.8 Å². The van der Waals surface area contributed by atoms with Crippen molar-refractivity contribution in [1.29, 1.82) is 0 Å². The summed E-state index contributed by atoms with van der Waals surface area (Å²) in [5.74, 6) is -0.170. The zero-order chi connectivity index (χ0) is 13.1. The van der Waals surface area contributed by atoms with Crippen LogP contribution in [0.15, 0.2) is 41.2 Å². The van der Waals surface area contributed by atoms with Gasteiger partial charge in [0.05, 0.1) is 18.1 Å². The number of hydrogen-bond donors (Lipinski definition) is 1. The molecule has 0 fully saturated rings. The lowest BCUT2D eigenvalue weighted by Crippen LogP contribution is -2.26. The molecule has 0 aliphatic heterocycles. The van der Waals surface area contributed by atoms with Crippen molar-refractivity contribution in [2.45, 2.75) is 6.54 Å². The maximum absolute atomic E-state index is 12.2. The lowest BCUT2D eigenvalue weighted by atomic mass is 10.1. The third-order valence-corrected chi connectivity index (χ3v) is 2.83. The predicted octanol–water partition coefficient (Wildman–Crippen LogP) is 2.79. The van der Waals surface area contributed by atoms with Crippen LogP contribution in [0, 0.1) is 0 Å². The smallest absolute Gasteiger partial charge is 0.256 e. The summed E-state index contributed by atoms with van der Waals surface area (Å²) in [5.41, 5.74) is 7.53. The van der Waals surface area contributed by atoms with Gasteiger partial charge in [0.1, 0.15) is 0 Å². The fourth-order valence-electron chi connectivity index (χ4n) is 1.65. The zero-order valence-corrected chi connectivity index (χ0v) is 10.6. The monoisotopic (exact) mass is 264 g/mol. The first-order valence-corrected chi connectivity index (χ1v) is 5.77. The Kier molecular flexibility index (Phi) is 3.58. The first-order valence-electron chi connectivity index (χ1n) is 5.39. The van der Waals surface area contributed by atoms with Gasteiger partial charge in [-0.1, -0.05) is 11.6 Å². The van der Waals surface area contributed by atoms with Crippen LogP contribution in [-0.2, 0) is 6.54 Å². The van der Waals surface area contributed by atoms with Crippen molar-refractivity contribution in [3.05, 3.63) is 52.9 Å². The van der Waals surface area contributed by atoms with Crippen LogP contribution in [0.3, 0.4) is 0 Å². The van der Waals surface area contributed by atoms with Gasteiger partial charge >= 0.3 is 0 Å². The number of nitrogens with zero attached hydrogens (tertiary/aromatic N) is 1. The number of anilines is 1. The number of nitrogen functional groups attached to an aromatic ring is 1. The van der Waals surface area contributed by atoms with E-state index in [2.05, 4.69) is 0 Å². The molecule has 1 aromatic heterocycles. The second kappa shape index (κ2) is 5.14. The molecule has 0 saturated carbocycles. The Morgan fingerprint density at radius 3 is 2.89 bits per heavy atom. The summed E-state index contributed by atoms with van der Waals surface area (Å²) in [7, 11) is 1.70. The van der Waals surface area contributed by atoms with Crippen molar-refractivity contribution in [3.8, 4) is 0 Å². The van der Waals surface area contributed by atoms with E-state index in [0.717, 1.165) is 5.56 Å². The number of nitrogens with two attached hydrogens (primary N) is 1. The average molecular weight is 265 g/mol. The van der Waals surface area contributed by atoms with Crippen LogP contribution in [0.2, 0.25) is 5.02 Å². The minimum atomic E-state index is -0.170. The van der Waals surface area contributed by atoms with Crippen molar-refractivity contribution in [1.82, 2.24) is 4.90 Å². The summed E-state index contributed by atoms with van der Waals surface area (Å²) >= 11 is 5.87. The van der Waals surface area contributed by atoms with E-state index in [0.29, 0.717) is 22.8 Å². The van der Waals surface area contributed by atoms with Gasteiger partial charge in [-0.15, -0.1) is 0 Å². The molecule has 0 unspecified atom stereocenters. The second-order valence-electron chi connectivity index (χ2n) is 4.02. The van der Waals surface area contributed by atoms with Gasteiger partial charge in [0.25, 0.3) is 5.91 Å². The molecule has 0 aliphatic rings. The second-order valence-corrected chi connectivity index (χ2v) is 4.46. The van der Waals surface area contributed by atoms with Crippen molar-refractivity contribution >= 4 is 23.2 Å². The maximum Gasteiger partial charge on any atom is 0.256 e. The summed E-state index contributed by atoms with van der Waals surface area (Å²) in [6.45, 7) is 0.460. The fourth-order valence-corrected chi connectivity index (χ4v) is 1.82. The molecule has 1 heterocycles. The molecule has 5 heteroatoms. The summed E-state index contributed by atoms with van der Waals surface area (Å²) in [5, 5.41) is 0.490. The van der Waals surface area contributed by atoms with Gasteiger partial charge in [-0.05, 0) is 24.3 Å². The number of benzene rings is 1. The number of hydrogen-bond acceptors (Lipinski definition) is 3. The lowest BCUT2D eigenvalue weighted by Gasteiger charge is -2.17. The summed E-state index contributed by atoms with van der Waals surface area (Å²) in [6.07, 6.45) is 3.17. The highest BCUT2D eigenvalue weighted by Gasteiger charge is 2.15. The Balaban J connectivity index is 2.17. The highest BCUT2D eigenvalue weighted by molar-refractivity contribution is 6.31. The quantitative estimate of drug-likeness (QED) is 0.867. The van der Waals surface area contributed by atoms with E-state index < -0.39 is 0 Å². The molecule has 0 aliphatic carbocycles. The van der Waals surface area contributed by atoms with E-state index in [1.54, 1.807) is 42.7 Å². The molecule has 0 bridgehead atoms. The molecule has 0 saturated heterocycles. The number of carbonyl (C=O) groups is 1. The SMILES string of the molecule is CN(Cc1ccoc1)C(=O)c1cc(Cl)ccc1N. The van der Waals surface area contributed by atoms with Crippen LogP contribution in [0.4, 0.5) is 5.69 Å². The van der Waals surface area contributed by atoms with Crippen molar-refractivity contribution in [2.75, 3.05) is 12.8 Å². The van der Waals surface area contributed by atoms with Crippen LogP contribution in [0.5, 0.6) is 0 Å². The molecule has 18 heavy (non-hydrogen) atoms. The van der Waals surface area contributed by atoms with Gasteiger partial charge in [0.15, 0.2) is 0 Å². The number of amides is 1. The van der Waals surface area contributed by atoms with Crippen molar-refractivity contribution in [2.24, 2.45) is 0 Å². The van der Waals surface area contributed by atoms with E-state index >= 15 is 0 Å². The van der Waals surface area contributed by atoms with Crippen molar-refractivity contribution < 1.29 is 9.21 Å². The first-order chi connectivity index (χ1) is 8.58. The molecular weight excluding hydrogens is 252 g/mol. The zero-order valence-electron chi connectivity index (χ0n) is 9.89. The Morgan fingerprint density at radius 2 is 2.22 bits per heavy atom. The van der Waals surface area contributed by atoms with Crippen LogP contribution in [-0.4, -0.2) is 17.9 Å². The van der Waals surface area contributed by atoms with Gasteiger partial charge in [0.2, 0.25) is 0 Å². The molecule has 0 atom stereocenters. The molecule has 0 radical (unpaired) electrons. The van der Waals surface area contributed by atoms with Gasteiger partial charge < -0.3 is 15.1 Å². The van der Waals surface area contributed by atoms with Crippen LogP contribution in [0.25, 0.3) is 0 Å². The van der Waals surface area contributed by atoms with Gasteiger partial charge in [0, 0.05) is 29.9 Å². The molecular formula is C13H13ClN2O2. The minimum Gasteiger partial charge on any atom is -0.472 e. The molecule has 2 N–H and O–H groups in total. The number of carbonyl (C=O) groups excluding carboxylic acids is 1. The largest absolute Gasteiger partial charge is 0.472 e.